The van der Waals surface area contributed by atoms with Crippen molar-refractivity contribution in [1.29, 1.82) is 0 Å². The molecule has 2 unspecified atom stereocenters. The van der Waals surface area contributed by atoms with Crippen molar-refractivity contribution in [1.82, 2.24) is 14.9 Å². The Balaban J connectivity index is 1.59. The van der Waals surface area contributed by atoms with Gasteiger partial charge in [0.2, 0.25) is 0 Å². The average Bonchev–Trinajstić information content (AvgIpc) is 2.98. The third-order valence-corrected chi connectivity index (χ3v) is 5.51. The van der Waals surface area contributed by atoms with Crippen molar-refractivity contribution in [2.75, 3.05) is 31.6 Å². The Bertz CT molecular complexity index is 983. The van der Waals surface area contributed by atoms with Crippen LogP contribution in [0.25, 0.3) is 21.8 Å². The summed E-state index contributed by atoms with van der Waals surface area (Å²) >= 11 is 6.42. The molecule has 0 bridgehead atoms. The van der Waals surface area contributed by atoms with Crippen molar-refractivity contribution >= 4 is 39.1 Å². The van der Waals surface area contributed by atoms with E-state index >= 15 is 0 Å². The van der Waals surface area contributed by atoms with Crippen molar-refractivity contribution in [2.24, 2.45) is 5.73 Å². The quantitative estimate of drug-likeness (QED) is 0.608. The molecular formula is C21H28ClN5O. The Kier molecular flexibility index (Phi) is 5.22. The van der Waals surface area contributed by atoms with Gasteiger partial charge in [0, 0.05) is 47.7 Å². The smallest absolute Gasteiger partial charge is 0.0753 e. The molecule has 3 aromatic rings. The molecule has 1 aliphatic rings. The largest absolute Gasteiger partial charge is 0.382 e. The molecule has 3 heterocycles. The van der Waals surface area contributed by atoms with Crippen LogP contribution in [0.2, 0.25) is 5.02 Å². The number of morpholine rings is 1. The van der Waals surface area contributed by atoms with E-state index in [1.807, 2.05) is 31.3 Å². The molecule has 2 aromatic heterocycles. The van der Waals surface area contributed by atoms with Gasteiger partial charge in [-0.2, -0.15) is 0 Å². The summed E-state index contributed by atoms with van der Waals surface area (Å²) in [5, 5.41) is 6.52. The molecule has 0 saturated carbocycles. The summed E-state index contributed by atoms with van der Waals surface area (Å²) in [6.07, 6.45) is 3.64. The zero-order chi connectivity index (χ0) is 19.9. The fourth-order valence-electron chi connectivity index (χ4n) is 4.05. The van der Waals surface area contributed by atoms with Gasteiger partial charge in [-0.1, -0.05) is 11.6 Å². The highest BCUT2D eigenvalue weighted by molar-refractivity contribution is 6.32. The fraction of sp³-hybridized carbons (Fsp3) is 0.476. The number of benzene rings is 1. The summed E-state index contributed by atoms with van der Waals surface area (Å²) in [5.41, 5.74) is 8.97. The van der Waals surface area contributed by atoms with E-state index in [0.717, 1.165) is 47.1 Å². The molecule has 1 aliphatic heterocycles. The van der Waals surface area contributed by atoms with Crippen LogP contribution in [0, 0.1) is 0 Å². The lowest BCUT2D eigenvalue weighted by Crippen LogP contribution is -2.58. The number of hydrogen-bond donors (Lipinski definition) is 3. The van der Waals surface area contributed by atoms with Crippen molar-refractivity contribution in [3.05, 3.63) is 35.6 Å². The van der Waals surface area contributed by atoms with Crippen LogP contribution in [0.3, 0.4) is 0 Å². The number of nitrogens with two attached hydrogens (primary N) is 1. The number of aromatic amines is 1. The Hall–Kier alpha value is -1.86. The molecular weight excluding hydrogens is 374 g/mol. The number of fused-ring (bicyclic) bond motifs is 3. The molecule has 2 atom stereocenters. The third-order valence-electron chi connectivity index (χ3n) is 5.29. The first-order chi connectivity index (χ1) is 13.3. The van der Waals surface area contributed by atoms with Gasteiger partial charge >= 0.3 is 0 Å². The van der Waals surface area contributed by atoms with Crippen molar-refractivity contribution < 1.29 is 4.74 Å². The number of nitrogens with one attached hydrogen (secondary N) is 2. The molecule has 28 heavy (non-hydrogen) atoms. The minimum atomic E-state index is -0.154. The van der Waals surface area contributed by atoms with Crippen LogP contribution in [0.5, 0.6) is 0 Å². The molecule has 1 fully saturated rings. The van der Waals surface area contributed by atoms with E-state index in [4.69, 9.17) is 22.1 Å². The maximum Gasteiger partial charge on any atom is 0.0753 e. The van der Waals surface area contributed by atoms with E-state index in [-0.39, 0.29) is 17.7 Å². The number of hydrogen-bond acceptors (Lipinski definition) is 5. The first-order valence-corrected chi connectivity index (χ1v) is 10.1. The minimum absolute atomic E-state index is 0.121. The summed E-state index contributed by atoms with van der Waals surface area (Å²) < 4.78 is 6.07. The average molecular weight is 402 g/mol. The lowest BCUT2D eigenvalue weighted by molar-refractivity contribution is -0.112. The monoisotopic (exact) mass is 401 g/mol. The van der Waals surface area contributed by atoms with Crippen LogP contribution in [0.4, 0.5) is 5.69 Å². The van der Waals surface area contributed by atoms with Crippen LogP contribution in [-0.2, 0) is 4.74 Å². The minimum Gasteiger partial charge on any atom is -0.382 e. The predicted molar refractivity (Wildman–Crippen MR) is 116 cm³/mol. The second-order valence-corrected chi connectivity index (χ2v) is 8.87. The Morgan fingerprint density at radius 2 is 2.25 bits per heavy atom. The van der Waals surface area contributed by atoms with Crippen LogP contribution in [0.1, 0.15) is 20.8 Å². The van der Waals surface area contributed by atoms with Gasteiger partial charge in [-0.25, -0.2) is 0 Å². The van der Waals surface area contributed by atoms with E-state index in [1.54, 1.807) is 6.20 Å². The first kappa shape index (κ1) is 19.5. The van der Waals surface area contributed by atoms with E-state index in [0.29, 0.717) is 11.6 Å². The topological polar surface area (TPSA) is 79.2 Å². The maximum absolute atomic E-state index is 6.42. The van der Waals surface area contributed by atoms with E-state index in [9.17, 15) is 0 Å². The van der Waals surface area contributed by atoms with E-state index in [1.165, 1.54) is 0 Å². The number of H-pyrrole nitrogens is 1. The Morgan fingerprint density at radius 3 is 3.04 bits per heavy atom. The standard InChI is InChI=1S/C21H28ClN5O/c1-13(23)10-27-12-21(2,3)28-11-15(27)8-25-18-7-14(22)6-17-16-4-5-24-9-19(16)26-20(17)18/h4-7,9,13,15,25-26H,8,10-12,23H2,1-3H3. The maximum atomic E-state index is 6.42. The molecule has 0 aliphatic carbocycles. The number of ether oxygens (including phenoxy) is 1. The van der Waals surface area contributed by atoms with Crippen molar-refractivity contribution in [2.45, 2.75) is 38.5 Å². The number of anilines is 1. The second kappa shape index (κ2) is 7.52. The molecule has 4 rings (SSSR count). The van der Waals surface area contributed by atoms with Crippen molar-refractivity contribution in [3.8, 4) is 0 Å². The van der Waals surface area contributed by atoms with Gasteiger partial charge in [0.05, 0.1) is 41.2 Å². The molecule has 150 valence electrons. The van der Waals surface area contributed by atoms with Gasteiger partial charge in [0.25, 0.3) is 0 Å². The Labute approximate surface area is 170 Å². The van der Waals surface area contributed by atoms with E-state index in [2.05, 4.69) is 34.0 Å². The number of halogens is 1. The summed E-state index contributed by atoms with van der Waals surface area (Å²) in [6, 6.07) is 6.34. The van der Waals surface area contributed by atoms with Crippen LogP contribution >= 0.6 is 11.6 Å². The van der Waals surface area contributed by atoms with Gasteiger partial charge in [0.1, 0.15) is 0 Å². The van der Waals surface area contributed by atoms with Crippen LogP contribution in [0.15, 0.2) is 30.6 Å². The third kappa shape index (κ3) is 3.96. The van der Waals surface area contributed by atoms with Gasteiger partial charge in [-0.15, -0.1) is 0 Å². The highest BCUT2D eigenvalue weighted by Gasteiger charge is 2.34. The SMILES string of the molecule is CC(N)CN1CC(C)(C)OCC1CNc1cc(Cl)cc2c1[nH]c1cnccc12. The van der Waals surface area contributed by atoms with Crippen LogP contribution in [-0.4, -0.2) is 58.8 Å². The summed E-state index contributed by atoms with van der Waals surface area (Å²) in [5.74, 6) is 0. The molecule has 6 nitrogen and oxygen atoms in total. The van der Waals surface area contributed by atoms with Crippen LogP contribution < -0.4 is 11.1 Å². The highest BCUT2D eigenvalue weighted by atomic mass is 35.5. The van der Waals surface area contributed by atoms with Gasteiger partial charge in [0.15, 0.2) is 0 Å². The first-order valence-electron chi connectivity index (χ1n) is 9.75. The molecule has 0 radical (unpaired) electrons. The molecule has 7 heteroatoms. The molecule has 0 amide bonds. The molecule has 0 spiro atoms. The lowest BCUT2D eigenvalue weighted by atomic mass is 10.0. The number of nitrogens with zero attached hydrogens (tertiary/aromatic N) is 2. The zero-order valence-electron chi connectivity index (χ0n) is 16.6. The molecule has 1 aromatic carbocycles. The number of pyridine rings is 1. The van der Waals surface area contributed by atoms with Crippen molar-refractivity contribution in [3.63, 3.8) is 0 Å². The lowest BCUT2D eigenvalue weighted by Gasteiger charge is -2.44. The zero-order valence-corrected chi connectivity index (χ0v) is 17.4. The van der Waals surface area contributed by atoms with Gasteiger partial charge < -0.3 is 20.8 Å². The predicted octanol–water partition coefficient (Wildman–Crippen LogP) is 3.61. The summed E-state index contributed by atoms with van der Waals surface area (Å²) in [4.78, 5) is 10.1. The number of rotatable bonds is 5. The van der Waals surface area contributed by atoms with E-state index < -0.39 is 0 Å². The molecule has 1 saturated heterocycles. The highest BCUT2D eigenvalue weighted by Crippen LogP contribution is 2.33. The summed E-state index contributed by atoms with van der Waals surface area (Å²) in [7, 11) is 0. The second-order valence-electron chi connectivity index (χ2n) is 8.43. The molecule has 4 N–H and O–H groups in total. The normalized spacial score (nSPS) is 21.2. The van der Waals surface area contributed by atoms with Gasteiger partial charge in [-0.3, -0.25) is 9.88 Å². The van der Waals surface area contributed by atoms with Gasteiger partial charge in [-0.05, 0) is 39.0 Å². The fourth-order valence-corrected chi connectivity index (χ4v) is 4.27. The Morgan fingerprint density at radius 1 is 1.43 bits per heavy atom. The number of aromatic nitrogens is 2. The summed E-state index contributed by atoms with van der Waals surface area (Å²) in [6.45, 7) is 9.45.